The highest BCUT2D eigenvalue weighted by Crippen LogP contribution is 2.38. The van der Waals surface area contributed by atoms with Gasteiger partial charge in [-0.25, -0.2) is 0 Å². The van der Waals surface area contributed by atoms with Gasteiger partial charge >= 0.3 is 0 Å². The van der Waals surface area contributed by atoms with Crippen molar-refractivity contribution in [3.8, 4) is 5.75 Å². The minimum Gasteiger partial charge on any atom is -0.494 e. The number of fused-ring (bicyclic) bond motifs is 1. The first-order valence-corrected chi connectivity index (χ1v) is 9.82. The lowest BCUT2D eigenvalue weighted by Crippen LogP contribution is -2.36. The van der Waals surface area contributed by atoms with Crippen molar-refractivity contribution in [2.24, 2.45) is 11.8 Å². The summed E-state index contributed by atoms with van der Waals surface area (Å²) in [6, 6.07) is 7.65. The average Bonchev–Trinajstić information content (AvgIpc) is 2.92. The number of benzene rings is 1. The van der Waals surface area contributed by atoms with E-state index in [-0.39, 0.29) is 42.5 Å². The van der Waals surface area contributed by atoms with Crippen LogP contribution in [0.1, 0.15) is 44.6 Å². The number of carbonyl (C=O) groups excluding carboxylic acids is 3. The fourth-order valence-electron chi connectivity index (χ4n) is 4.07. The number of likely N-dealkylation sites (tertiary alicyclic amines) is 1. The maximum absolute atomic E-state index is 12.5. The third-order valence-electron chi connectivity index (χ3n) is 5.56. The second-order valence-electron chi connectivity index (χ2n) is 7.40. The molecule has 2 atom stereocenters. The van der Waals surface area contributed by atoms with Gasteiger partial charge in [0.15, 0.2) is 0 Å². The molecule has 27 heavy (non-hydrogen) atoms. The molecule has 0 aromatic heterocycles. The molecule has 1 aromatic rings. The highest BCUT2D eigenvalue weighted by molar-refractivity contribution is 6.05. The Morgan fingerprint density at radius 3 is 2.26 bits per heavy atom. The van der Waals surface area contributed by atoms with Gasteiger partial charge in [-0.3, -0.25) is 19.3 Å². The van der Waals surface area contributed by atoms with Gasteiger partial charge in [-0.05, 0) is 37.5 Å². The summed E-state index contributed by atoms with van der Waals surface area (Å²) in [5.41, 5.74) is 1.01. The van der Waals surface area contributed by atoms with Crippen molar-refractivity contribution in [2.45, 2.75) is 45.6 Å². The van der Waals surface area contributed by atoms with Crippen LogP contribution in [0, 0.1) is 11.8 Å². The van der Waals surface area contributed by atoms with E-state index >= 15 is 0 Å². The van der Waals surface area contributed by atoms with Gasteiger partial charge in [0.1, 0.15) is 5.75 Å². The molecule has 3 amide bonds. The summed E-state index contributed by atoms with van der Waals surface area (Å²) in [6.45, 7) is 3.23. The molecule has 0 spiro atoms. The van der Waals surface area contributed by atoms with Crippen LogP contribution in [0.4, 0.5) is 0 Å². The van der Waals surface area contributed by atoms with Gasteiger partial charge in [0, 0.05) is 26.6 Å². The first kappa shape index (κ1) is 19.4. The Morgan fingerprint density at radius 2 is 1.70 bits per heavy atom. The molecule has 1 aliphatic heterocycles. The van der Waals surface area contributed by atoms with E-state index in [0.29, 0.717) is 13.2 Å². The number of ether oxygens (including phenoxy) is 1. The Morgan fingerprint density at radius 1 is 1.11 bits per heavy atom. The van der Waals surface area contributed by atoms with Crippen LogP contribution in [0.25, 0.3) is 0 Å². The van der Waals surface area contributed by atoms with Crippen molar-refractivity contribution in [3.63, 3.8) is 0 Å². The number of amides is 3. The molecule has 2 unspecified atom stereocenters. The zero-order valence-corrected chi connectivity index (χ0v) is 16.1. The zero-order valence-electron chi connectivity index (χ0n) is 16.1. The van der Waals surface area contributed by atoms with E-state index in [1.54, 1.807) is 11.9 Å². The molecule has 2 aliphatic rings. The van der Waals surface area contributed by atoms with E-state index in [1.807, 2.05) is 31.2 Å². The number of rotatable bonds is 7. The highest BCUT2D eigenvalue weighted by Gasteiger charge is 2.47. The molecule has 3 rings (SSSR count). The molecule has 1 aromatic carbocycles. The number of nitrogens with zero attached hydrogens (tertiary/aromatic N) is 2. The molecule has 146 valence electrons. The molecule has 6 heteroatoms. The van der Waals surface area contributed by atoms with E-state index in [0.717, 1.165) is 37.0 Å². The molecule has 1 saturated carbocycles. The Kier molecular flexibility index (Phi) is 6.14. The van der Waals surface area contributed by atoms with Gasteiger partial charge in [0.2, 0.25) is 17.7 Å². The monoisotopic (exact) mass is 372 g/mol. The number of hydrogen-bond donors (Lipinski definition) is 0. The minimum atomic E-state index is -0.150. The fourth-order valence-corrected chi connectivity index (χ4v) is 4.07. The maximum Gasteiger partial charge on any atom is 0.233 e. The number of imide groups is 1. The lowest BCUT2D eigenvalue weighted by Gasteiger charge is -2.20. The van der Waals surface area contributed by atoms with Crippen LogP contribution in [0.2, 0.25) is 0 Å². The Bertz CT molecular complexity index is 677. The van der Waals surface area contributed by atoms with Crippen molar-refractivity contribution < 1.29 is 19.1 Å². The Hall–Kier alpha value is -2.37. The van der Waals surface area contributed by atoms with Crippen molar-refractivity contribution >= 4 is 17.7 Å². The Balaban J connectivity index is 1.51. The van der Waals surface area contributed by atoms with Gasteiger partial charge in [-0.2, -0.15) is 0 Å². The summed E-state index contributed by atoms with van der Waals surface area (Å²) in [6.07, 6.45) is 3.80. The molecule has 6 nitrogen and oxygen atoms in total. The molecule has 1 heterocycles. The molecule has 1 aliphatic carbocycles. The predicted octanol–water partition coefficient (Wildman–Crippen LogP) is 2.61. The Labute approximate surface area is 160 Å². The van der Waals surface area contributed by atoms with Gasteiger partial charge < -0.3 is 9.64 Å². The molecule has 2 fully saturated rings. The predicted molar refractivity (Wildman–Crippen MR) is 101 cm³/mol. The van der Waals surface area contributed by atoms with E-state index < -0.39 is 0 Å². The van der Waals surface area contributed by atoms with Crippen LogP contribution < -0.4 is 4.74 Å². The maximum atomic E-state index is 12.5. The molecule has 0 N–H and O–H groups in total. The summed E-state index contributed by atoms with van der Waals surface area (Å²) in [4.78, 5) is 40.4. The SMILES string of the molecule is CCOc1ccc(CN(C)C(=O)CCN2C(=O)C3CCCCC3C2=O)cc1. The van der Waals surface area contributed by atoms with E-state index in [1.165, 1.54) is 4.90 Å². The normalized spacial score (nSPS) is 21.9. The van der Waals surface area contributed by atoms with Crippen LogP contribution in [-0.2, 0) is 20.9 Å². The molecular formula is C21H28N2O4. The van der Waals surface area contributed by atoms with Crippen LogP contribution in [-0.4, -0.2) is 47.7 Å². The highest BCUT2D eigenvalue weighted by atomic mass is 16.5. The fraction of sp³-hybridized carbons (Fsp3) is 0.571. The first-order valence-electron chi connectivity index (χ1n) is 9.82. The van der Waals surface area contributed by atoms with Crippen molar-refractivity contribution in [2.75, 3.05) is 20.2 Å². The molecule has 1 saturated heterocycles. The smallest absolute Gasteiger partial charge is 0.233 e. The summed E-state index contributed by atoms with van der Waals surface area (Å²) < 4.78 is 5.42. The lowest BCUT2D eigenvalue weighted by molar-refractivity contribution is -0.140. The van der Waals surface area contributed by atoms with Crippen LogP contribution in [0.3, 0.4) is 0 Å². The summed E-state index contributed by atoms with van der Waals surface area (Å²) in [7, 11) is 1.74. The summed E-state index contributed by atoms with van der Waals surface area (Å²) >= 11 is 0. The van der Waals surface area contributed by atoms with Crippen LogP contribution >= 0.6 is 0 Å². The third-order valence-corrected chi connectivity index (χ3v) is 5.56. The second-order valence-corrected chi connectivity index (χ2v) is 7.40. The summed E-state index contributed by atoms with van der Waals surface area (Å²) in [5.74, 6) is 0.284. The quantitative estimate of drug-likeness (QED) is 0.690. The van der Waals surface area contributed by atoms with Crippen LogP contribution in [0.5, 0.6) is 5.75 Å². The number of carbonyl (C=O) groups is 3. The average molecular weight is 372 g/mol. The molecular weight excluding hydrogens is 344 g/mol. The van der Waals surface area contributed by atoms with Gasteiger partial charge in [0.05, 0.1) is 18.4 Å². The topological polar surface area (TPSA) is 66.9 Å². The number of hydrogen-bond acceptors (Lipinski definition) is 4. The van der Waals surface area contributed by atoms with E-state index in [9.17, 15) is 14.4 Å². The standard InChI is InChI=1S/C21H28N2O4/c1-3-27-16-10-8-15(9-11-16)14-22(2)19(24)12-13-23-20(25)17-6-4-5-7-18(17)21(23)26/h8-11,17-18H,3-7,12-14H2,1-2H3. The van der Waals surface area contributed by atoms with Crippen molar-refractivity contribution in [1.29, 1.82) is 0 Å². The van der Waals surface area contributed by atoms with E-state index in [2.05, 4.69) is 0 Å². The first-order chi connectivity index (χ1) is 13.0. The van der Waals surface area contributed by atoms with Crippen LogP contribution in [0.15, 0.2) is 24.3 Å². The van der Waals surface area contributed by atoms with Gasteiger partial charge in [-0.1, -0.05) is 25.0 Å². The summed E-state index contributed by atoms with van der Waals surface area (Å²) in [5, 5.41) is 0. The minimum absolute atomic E-state index is 0.0700. The lowest BCUT2D eigenvalue weighted by atomic mass is 9.81. The van der Waals surface area contributed by atoms with Crippen molar-refractivity contribution in [3.05, 3.63) is 29.8 Å². The second kappa shape index (κ2) is 8.55. The zero-order chi connectivity index (χ0) is 19.4. The van der Waals surface area contributed by atoms with Gasteiger partial charge in [-0.15, -0.1) is 0 Å². The van der Waals surface area contributed by atoms with Gasteiger partial charge in [0.25, 0.3) is 0 Å². The van der Waals surface area contributed by atoms with Crippen molar-refractivity contribution in [1.82, 2.24) is 9.80 Å². The van der Waals surface area contributed by atoms with E-state index in [4.69, 9.17) is 4.74 Å². The third kappa shape index (κ3) is 4.31. The largest absolute Gasteiger partial charge is 0.494 e. The molecule has 0 radical (unpaired) electrons. The molecule has 0 bridgehead atoms.